The second kappa shape index (κ2) is 6.81. The predicted octanol–water partition coefficient (Wildman–Crippen LogP) is 4.19. The normalized spacial score (nSPS) is 10.7. The lowest BCUT2D eigenvalue weighted by Gasteiger charge is -2.03. The van der Waals surface area contributed by atoms with Crippen LogP contribution >= 0.6 is 11.8 Å². The van der Waals surface area contributed by atoms with Crippen molar-refractivity contribution in [2.45, 2.75) is 4.90 Å². The molecule has 0 aliphatic carbocycles. The minimum Gasteiger partial charge on any atom is -0.478 e. The van der Waals surface area contributed by atoms with Crippen LogP contribution < -0.4 is 0 Å². The SMILES string of the molecule is O=C(O)c1ccccc1SCC=Cc1ccccc1. The van der Waals surface area contributed by atoms with E-state index in [2.05, 4.69) is 0 Å². The van der Waals surface area contributed by atoms with Crippen molar-refractivity contribution in [3.05, 3.63) is 71.8 Å². The van der Waals surface area contributed by atoms with Crippen molar-refractivity contribution in [3.63, 3.8) is 0 Å². The average molecular weight is 270 g/mol. The van der Waals surface area contributed by atoms with Gasteiger partial charge in [0.25, 0.3) is 0 Å². The van der Waals surface area contributed by atoms with Crippen molar-refractivity contribution < 1.29 is 9.90 Å². The van der Waals surface area contributed by atoms with Crippen molar-refractivity contribution >= 4 is 23.8 Å². The number of carboxylic acid groups (broad SMARTS) is 1. The number of carbonyl (C=O) groups is 1. The average Bonchev–Trinajstić information content (AvgIpc) is 2.45. The van der Waals surface area contributed by atoms with Gasteiger partial charge in [-0.15, -0.1) is 11.8 Å². The van der Waals surface area contributed by atoms with E-state index in [9.17, 15) is 4.79 Å². The highest BCUT2D eigenvalue weighted by atomic mass is 32.2. The van der Waals surface area contributed by atoms with Gasteiger partial charge in [-0.1, -0.05) is 54.6 Å². The molecular formula is C16H14O2S. The van der Waals surface area contributed by atoms with E-state index < -0.39 is 5.97 Å². The van der Waals surface area contributed by atoms with Gasteiger partial charge in [-0.05, 0) is 17.7 Å². The van der Waals surface area contributed by atoms with Gasteiger partial charge < -0.3 is 5.11 Å². The summed E-state index contributed by atoms with van der Waals surface area (Å²) >= 11 is 1.53. The molecule has 0 aliphatic heterocycles. The van der Waals surface area contributed by atoms with Gasteiger partial charge >= 0.3 is 5.97 Å². The molecule has 0 atom stereocenters. The van der Waals surface area contributed by atoms with Crippen LogP contribution in [-0.4, -0.2) is 16.8 Å². The topological polar surface area (TPSA) is 37.3 Å². The Balaban J connectivity index is 1.96. The fourth-order valence-corrected chi connectivity index (χ4v) is 2.51. The summed E-state index contributed by atoms with van der Waals surface area (Å²) in [6.45, 7) is 0. The Bertz CT molecular complexity index is 576. The number of carboxylic acids is 1. The fourth-order valence-electron chi connectivity index (χ4n) is 1.66. The molecule has 3 heteroatoms. The van der Waals surface area contributed by atoms with Crippen LogP contribution in [0, 0.1) is 0 Å². The van der Waals surface area contributed by atoms with E-state index in [1.165, 1.54) is 11.8 Å². The third-order valence-corrected chi connectivity index (χ3v) is 3.59. The number of hydrogen-bond acceptors (Lipinski definition) is 2. The second-order valence-corrected chi connectivity index (χ2v) is 4.99. The molecule has 0 saturated carbocycles. The summed E-state index contributed by atoms with van der Waals surface area (Å²) in [5, 5.41) is 9.07. The smallest absolute Gasteiger partial charge is 0.336 e. The Kier molecular flexibility index (Phi) is 4.81. The maximum Gasteiger partial charge on any atom is 0.336 e. The molecule has 0 heterocycles. The lowest BCUT2D eigenvalue weighted by Crippen LogP contribution is -1.98. The van der Waals surface area contributed by atoms with Gasteiger partial charge in [0.2, 0.25) is 0 Å². The Morgan fingerprint density at radius 1 is 1.05 bits per heavy atom. The summed E-state index contributed by atoms with van der Waals surface area (Å²) in [5.74, 6) is -0.130. The first-order valence-electron chi connectivity index (χ1n) is 5.94. The molecule has 0 saturated heterocycles. The molecule has 0 spiro atoms. The minimum atomic E-state index is -0.880. The van der Waals surface area contributed by atoms with E-state index in [1.807, 2.05) is 54.6 Å². The Labute approximate surface area is 116 Å². The molecule has 0 aliphatic rings. The molecule has 2 aromatic carbocycles. The Morgan fingerprint density at radius 3 is 2.47 bits per heavy atom. The number of rotatable bonds is 5. The molecule has 0 aromatic heterocycles. The predicted molar refractivity (Wildman–Crippen MR) is 79.6 cm³/mol. The molecule has 19 heavy (non-hydrogen) atoms. The first-order valence-corrected chi connectivity index (χ1v) is 6.92. The quantitative estimate of drug-likeness (QED) is 0.828. The summed E-state index contributed by atoms with van der Waals surface area (Å²) < 4.78 is 0. The van der Waals surface area contributed by atoms with Crippen LogP contribution in [-0.2, 0) is 0 Å². The van der Waals surface area contributed by atoms with Gasteiger partial charge in [-0.25, -0.2) is 4.79 Å². The first kappa shape index (κ1) is 13.4. The number of benzene rings is 2. The Hall–Kier alpha value is -2.00. The van der Waals surface area contributed by atoms with Gasteiger partial charge in [-0.2, -0.15) is 0 Å². The van der Waals surface area contributed by atoms with Crippen LogP contribution in [0.4, 0.5) is 0 Å². The van der Waals surface area contributed by atoms with Gasteiger partial charge in [0.05, 0.1) is 5.56 Å². The number of thioether (sulfide) groups is 1. The highest BCUT2D eigenvalue weighted by Gasteiger charge is 2.07. The van der Waals surface area contributed by atoms with E-state index >= 15 is 0 Å². The largest absolute Gasteiger partial charge is 0.478 e. The van der Waals surface area contributed by atoms with E-state index in [-0.39, 0.29) is 0 Å². The van der Waals surface area contributed by atoms with Crippen LogP contribution in [0.2, 0.25) is 0 Å². The molecule has 0 amide bonds. The molecular weight excluding hydrogens is 256 g/mol. The lowest BCUT2D eigenvalue weighted by atomic mass is 10.2. The van der Waals surface area contributed by atoms with Crippen LogP contribution in [0.15, 0.2) is 65.6 Å². The molecule has 2 nitrogen and oxygen atoms in total. The van der Waals surface area contributed by atoms with Crippen molar-refractivity contribution in [3.8, 4) is 0 Å². The molecule has 96 valence electrons. The summed E-state index contributed by atoms with van der Waals surface area (Å²) in [7, 11) is 0. The van der Waals surface area contributed by atoms with E-state index in [0.717, 1.165) is 16.2 Å². The monoisotopic (exact) mass is 270 g/mol. The summed E-state index contributed by atoms with van der Waals surface area (Å²) in [5.41, 5.74) is 1.51. The van der Waals surface area contributed by atoms with E-state index in [0.29, 0.717) is 5.56 Å². The minimum absolute atomic E-state index is 0.362. The highest BCUT2D eigenvalue weighted by molar-refractivity contribution is 7.99. The zero-order valence-electron chi connectivity index (χ0n) is 10.3. The first-order chi connectivity index (χ1) is 9.27. The fraction of sp³-hybridized carbons (Fsp3) is 0.0625. The number of hydrogen-bond donors (Lipinski definition) is 1. The van der Waals surface area contributed by atoms with Crippen molar-refractivity contribution in [2.24, 2.45) is 0 Å². The molecule has 0 bridgehead atoms. The third-order valence-electron chi connectivity index (χ3n) is 2.56. The van der Waals surface area contributed by atoms with Gasteiger partial charge in [0.15, 0.2) is 0 Å². The standard InChI is InChI=1S/C16H14O2S/c17-16(18)14-10-4-5-11-15(14)19-12-6-9-13-7-2-1-3-8-13/h1-11H,12H2,(H,17,18). The maximum absolute atomic E-state index is 11.0. The lowest BCUT2D eigenvalue weighted by molar-refractivity contribution is 0.0693. The maximum atomic E-state index is 11.0. The third kappa shape index (κ3) is 4.00. The van der Waals surface area contributed by atoms with Gasteiger partial charge in [0.1, 0.15) is 0 Å². The Morgan fingerprint density at radius 2 is 1.74 bits per heavy atom. The van der Waals surface area contributed by atoms with E-state index in [1.54, 1.807) is 12.1 Å². The summed E-state index contributed by atoms with van der Waals surface area (Å²) in [6.07, 6.45) is 4.08. The number of aromatic carboxylic acids is 1. The molecule has 0 radical (unpaired) electrons. The van der Waals surface area contributed by atoms with Gasteiger partial charge in [-0.3, -0.25) is 0 Å². The van der Waals surface area contributed by atoms with Crippen molar-refractivity contribution in [1.29, 1.82) is 0 Å². The van der Waals surface area contributed by atoms with Crippen LogP contribution in [0.5, 0.6) is 0 Å². The molecule has 0 fully saturated rings. The molecule has 2 rings (SSSR count). The van der Waals surface area contributed by atoms with Crippen molar-refractivity contribution in [2.75, 3.05) is 5.75 Å². The van der Waals surface area contributed by atoms with Crippen molar-refractivity contribution in [1.82, 2.24) is 0 Å². The highest BCUT2D eigenvalue weighted by Crippen LogP contribution is 2.22. The van der Waals surface area contributed by atoms with Crippen LogP contribution in [0.3, 0.4) is 0 Å². The summed E-state index contributed by atoms with van der Waals surface area (Å²) in [4.78, 5) is 11.8. The van der Waals surface area contributed by atoms with Crippen LogP contribution in [0.1, 0.15) is 15.9 Å². The second-order valence-electron chi connectivity index (χ2n) is 3.93. The molecule has 2 aromatic rings. The van der Waals surface area contributed by atoms with E-state index in [4.69, 9.17) is 5.11 Å². The zero-order chi connectivity index (χ0) is 13.5. The zero-order valence-corrected chi connectivity index (χ0v) is 11.1. The molecule has 1 N–H and O–H groups in total. The summed E-state index contributed by atoms with van der Waals surface area (Å²) in [6, 6.07) is 17.1. The van der Waals surface area contributed by atoms with Crippen LogP contribution in [0.25, 0.3) is 6.08 Å². The van der Waals surface area contributed by atoms with Gasteiger partial charge in [0, 0.05) is 10.6 Å². The molecule has 0 unspecified atom stereocenters.